The van der Waals surface area contributed by atoms with Gasteiger partial charge in [-0.3, -0.25) is 9.69 Å². The molecule has 0 bridgehead atoms. The fourth-order valence-corrected chi connectivity index (χ4v) is 3.96. The SMILES string of the molecule is O=C(/C=C/c1ccsc1)OCC(=O)N1c2ccccc2CCc2ccccc21. The number of para-hydroxylation sites is 2. The van der Waals surface area contributed by atoms with Crippen LogP contribution in [0.15, 0.2) is 71.4 Å². The van der Waals surface area contributed by atoms with Gasteiger partial charge in [0.25, 0.3) is 5.91 Å². The zero-order chi connectivity index (χ0) is 19.3. The van der Waals surface area contributed by atoms with Gasteiger partial charge >= 0.3 is 5.97 Å². The maximum absolute atomic E-state index is 13.0. The smallest absolute Gasteiger partial charge is 0.331 e. The predicted molar refractivity (Wildman–Crippen MR) is 112 cm³/mol. The van der Waals surface area contributed by atoms with Gasteiger partial charge in [-0.05, 0) is 64.6 Å². The van der Waals surface area contributed by atoms with Crippen LogP contribution in [0.3, 0.4) is 0 Å². The van der Waals surface area contributed by atoms with Gasteiger partial charge in [0.2, 0.25) is 0 Å². The summed E-state index contributed by atoms with van der Waals surface area (Å²) in [5.41, 5.74) is 4.85. The number of carbonyl (C=O) groups is 2. The summed E-state index contributed by atoms with van der Waals surface area (Å²) in [7, 11) is 0. The molecule has 4 rings (SSSR count). The van der Waals surface area contributed by atoms with Crippen molar-refractivity contribution in [3.8, 4) is 0 Å². The number of amides is 1. The Bertz CT molecular complexity index is 976. The first kappa shape index (κ1) is 18.2. The molecule has 0 atom stereocenters. The molecule has 5 heteroatoms. The normalized spacial score (nSPS) is 12.9. The second-order valence-electron chi connectivity index (χ2n) is 6.48. The van der Waals surface area contributed by atoms with E-state index < -0.39 is 5.97 Å². The summed E-state index contributed by atoms with van der Waals surface area (Å²) < 4.78 is 5.21. The van der Waals surface area contributed by atoms with Crippen molar-refractivity contribution in [2.24, 2.45) is 0 Å². The molecule has 4 nitrogen and oxygen atoms in total. The van der Waals surface area contributed by atoms with E-state index in [0.29, 0.717) is 0 Å². The van der Waals surface area contributed by atoms with Gasteiger partial charge in [-0.15, -0.1) is 0 Å². The molecule has 0 saturated heterocycles. The van der Waals surface area contributed by atoms with Crippen LogP contribution < -0.4 is 4.90 Å². The van der Waals surface area contributed by atoms with Crippen molar-refractivity contribution < 1.29 is 14.3 Å². The first-order valence-corrected chi connectivity index (χ1v) is 10.0. The lowest BCUT2D eigenvalue weighted by Crippen LogP contribution is -2.31. The molecule has 1 aliphatic heterocycles. The van der Waals surface area contributed by atoms with Crippen molar-refractivity contribution in [1.82, 2.24) is 0 Å². The molecule has 28 heavy (non-hydrogen) atoms. The second-order valence-corrected chi connectivity index (χ2v) is 7.26. The standard InChI is InChI=1S/C23H19NO3S/c25-22(15-27-23(26)12-9-17-13-14-28-16-17)24-20-7-3-1-5-18(20)10-11-19-6-2-4-8-21(19)24/h1-9,12-14,16H,10-11,15H2/b12-9+. The molecule has 1 aromatic heterocycles. The summed E-state index contributed by atoms with van der Waals surface area (Å²) in [5, 5.41) is 3.86. The topological polar surface area (TPSA) is 46.6 Å². The van der Waals surface area contributed by atoms with Gasteiger partial charge in [0.05, 0.1) is 11.4 Å². The van der Waals surface area contributed by atoms with Crippen LogP contribution in [0, 0.1) is 0 Å². The number of nitrogens with zero attached hydrogens (tertiary/aromatic N) is 1. The Labute approximate surface area is 167 Å². The van der Waals surface area contributed by atoms with Gasteiger partial charge < -0.3 is 4.74 Å². The van der Waals surface area contributed by atoms with Crippen molar-refractivity contribution in [3.05, 3.63) is 88.1 Å². The highest BCUT2D eigenvalue weighted by Gasteiger charge is 2.26. The molecular formula is C23H19NO3S. The van der Waals surface area contributed by atoms with E-state index in [4.69, 9.17) is 4.74 Å². The first-order chi connectivity index (χ1) is 13.7. The summed E-state index contributed by atoms with van der Waals surface area (Å²) in [4.78, 5) is 26.7. The molecule has 0 N–H and O–H groups in total. The number of fused-ring (bicyclic) bond motifs is 2. The number of hydrogen-bond acceptors (Lipinski definition) is 4. The first-order valence-electron chi connectivity index (χ1n) is 9.08. The summed E-state index contributed by atoms with van der Waals surface area (Å²) in [6.45, 7) is -0.310. The maximum atomic E-state index is 13.0. The van der Waals surface area contributed by atoms with Gasteiger partial charge in [0, 0.05) is 6.08 Å². The van der Waals surface area contributed by atoms with Crippen LogP contribution in [-0.2, 0) is 27.2 Å². The van der Waals surface area contributed by atoms with E-state index in [1.165, 1.54) is 6.08 Å². The van der Waals surface area contributed by atoms with Crippen LogP contribution in [0.4, 0.5) is 11.4 Å². The van der Waals surface area contributed by atoms with E-state index in [1.807, 2.05) is 65.4 Å². The van der Waals surface area contributed by atoms with Gasteiger partial charge in [0.15, 0.2) is 6.61 Å². The fourth-order valence-electron chi connectivity index (χ4n) is 3.33. The van der Waals surface area contributed by atoms with E-state index in [0.717, 1.165) is 40.9 Å². The number of anilines is 2. The fraction of sp³-hybridized carbons (Fsp3) is 0.130. The molecule has 1 aliphatic rings. The number of ether oxygens (including phenoxy) is 1. The summed E-state index contributed by atoms with van der Waals surface area (Å²) in [6.07, 6.45) is 4.75. The highest BCUT2D eigenvalue weighted by Crippen LogP contribution is 2.35. The van der Waals surface area contributed by atoms with E-state index in [2.05, 4.69) is 0 Å². The lowest BCUT2D eigenvalue weighted by Gasteiger charge is -2.24. The number of benzene rings is 2. The predicted octanol–water partition coefficient (Wildman–Crippen LogP) is 4.77. The Hall–Kier alpha value is -3.18. The Morgan fingerprint density at radius 3 is 2.21 bits per heavy atom. The van der Waals surface area contributed by atoms with Gasteiger partial charge in [0.1, 0.15) is 0 Å². The number of hydrogen-bond donors (Lipinski definition) is 0. The average molecular weight is 389 g/mol. The van der Waals surface area contributed by atoms with Crippen molar-refractivity contribution >= 4 is 40.7 Å². The van der Waals surface area contributed by atoms with Crippen molar-refractivity contribution in [3.63, 3.8) is 0 Å². The quantitative estimate of drug-likeness (QED) is 0.477. The van der Waals surface area contributed by atoms with Crippen LogP contribution in [0.25, 0.3) is 6.08 Å². The van der Waals surface area contributed by atoms with Crippen molar-refractivity contribution in [2.75, 3.05) is 11.5 Å². The summed E-state index contributed by atoms with van der Waals surface area (Å²) in [5.74, 6) is -0.796. The minimum Gasteiger partial charge on any atom is -0.452 e. The van der Waals surface area contributed by atoms with E-state index >= 15 is 0 Å². The number of thiophene rings is 1. The van der Waals surface area contributed by atoms with Gasteiger partial charge in [-0.25, -0.2) is 4.79 Å². The lowest BCUT2D eigenvalue weighted by molar-refractivity contribution is -0.142. The molecule has 140 valence electrons. The summed E-state index contributed by atoms with van der Waals surface area (Å²) in [6, 6.07) is 17.7. The molecule has 0 spiro atoms. The second kappa shape index (κ2) is 8.23. The molecular weight excluding hydrogens is 370 g/mol. The number of rotatable bonds is 4. The Kier molecular flexibility index (Phi) is 5.35. The molecule has 0 saturated carbocycles. The minimum atomic E-state index is -0.532. The number of carbonyl (C=O) groups excluding carboxylic acids is 2. The van der Waals surface area contributed by atoms with Crippen LogP contribution in [0.5, 0.6) is 0 Å². The third kappa shape index (κ3) is 3.89. The van der Waals surface area contributed by atoms with Crippen LogP contribution in [0.2, 0.25) is 0 Å². The van der Waals surface area contributed by atoms with E-state index in [-0.39, 0.29) is 12.5 Å². The third-order valence-corrected chi connectivity index (χ3v) is 5.37. The monoisotopic (exact) mass is 389 g/mol. The maximum Gasteiger partial charge on any atom is 0.331 e. The van der Waals surface area contributed by atoms with Crippen LogP contribution in [-0.4, -0.2) is 18.5 Å². The molecule has 2 heterocycles. The van der Waals surface area contributed by atoms with E-state index in [9.17, 15) is 9.59 Å². The van der Waals surface area contributed by atoms with Crippen LogP contribution >= 0.6 is 11.3 Å². The Morgan fingerprint density at radius 1 is 0.964 bits per heavy atom. The zero-order valence-corrected chi connectivity index (χ0v) is 16.0. The largest absolute Gasteiger partial charge is 0.452 e. The summed E-state index contributed by atoms with van der Waals surface area (Å²) >= 11 is 1.55. The average Bonchev–Trinajstić information content (AvgIpc) is 3.18. The molecule has 0 unspecified atom stereocenters. The minimum absolute atomic E-state index is 0.265. The number of esters is 1. The zero-order valence-electron chi connectivity index (χ0n) is 15.2. The molecule has 1 amide bonds. The van der Waals surface area contributed by atoms with Crippen molar-refractivity contribution in [2.45, 2.75) is 12.8 Å². The molecule has 3 aromatic rings. The van der Waals surface area contributed by atoms with E-state index in [1.54, 1.807) is 22.3 Å². The number of aryl methyl sites for hydroxylation is 2. The lowest BCUT2D eigenvalue weighted by atomic mass is 10.0. The molecule has 0 fully saturated rings. The van der Waals surface area contributed by atoms with Gasteiger partial charge in [-0.2, -0.15) is 11.3 Å². The Balaban J connectivity index is 1.54. The molecule has 2 aromatic carbocycles. The highest BCUT2D eigenvalue weighted by molar-refractivity contribution is 7.08. The molecule has 0 radical (unpaired) electrons. The highest BCUT2D eigenvalue weighted by atomic mass is 32.1. The molecule has 0 aliphatic carbocycles. The van der Waals surface area contributed by atoms with Crippen molar-refractivity contribution in [1.29, 1.82) is 0 Å². The Morgan fingerprint density at radius 2 is 1.61 bits per heavy atom. The van der Waals surface area contributed by atoms with Crippen LogP contribution in [0.1, 0.15) is 16.7 Å². The van der Waals surface area contributed by atoms with Gasteiger partial charge in [-0.1, -0.05) is 36.4 Å². The third-order valence-electron chi connectivity index (χ3n) is 4.67.